The van der Waals surface area contributed by atoms with Crippen LogP contribution in [0, 0.1) is 0 Å². The number of carbonyl (C=O) groups is 1. The molecule has 0 atom stereocenters. The molecule has 1 aliphatic heterocycles. The number of benzene rings is 2. The Kier molecular flexibility index (Phi) is 5.61. The molecular weight excluding hydrogens is 334 g/mol. The van der Waals surface area contributed by atoms with Gasteiger partial charge in [-0.05, 0) is 42.3 Å². The number of piperazine rings is 1. The van der Waals surface area contributed by atoms with Crippen molar-refractivity contribution in [2.75, 3.05) is 43.4 Å². The van der Waals surface area contributed by atoms with E-state index < -0.39 is 0 Å². The number of amides is 1. The molecule has 2 N–H and O–H groups in total. The van der Waals surface area contributed by atoms with E-state index in [2.05, 4.69) is 24.2 Å². The number of halogens is 1. The molecule has 132 valence electrons. The largest absolute Gasteiger partial charge is 0.359 e. The highest BCUT2D eigenvalue weighted by atomic mass is 35.5. The normalized spacial score (nSPS) is 15.2. The third-order valence-corrected chi connectivity index (χ3v) is 5.09. The van der Waals surface area contributed by atoms with E-state index in [9.17, 15) is 4.79 Å². The molecule has 1 heterocycles. The highest BCUT2D eigenvalue weighted by Crippen LogP contribution is 2.29. The van der Waals surface area contributed by atoms with E-state index in [1.807, 2.05) is 42.5 Å². The number of nitrogens with zero attached hydrogens (tertiary/aromatic N) is 1. The standard InChI is InChI=1S/C20H24ClN3O/c1-3-15-4-6-16(7-5-15)20(25)22-17-8-9-19(18(21)14-17)24-12-10-23(2)11-13-24/h4-9,14H,3,10-13H2,1-2H3,(H,22,25)/p+1. The van der Waals surface area contributed by atoms with Crippen molar-refractivity contribution < 1.29 is 9.69 Å². The highest BCUT2D eigenvalue weighted by molar-refractivity contribution is 6.33. The van der Waals surface area contributed by atoms with E-state index in [0.29, 0.717) is 10.6 Å². The van der Waals surface area contributed by atoms with Crippen molar-refractivity contribution >= 4 is 28.9 Å². The monoisotopic (exact) mass is 358 g/mol. The SMILES string of the molecule is CCc1ccc(C(=O)Nc2ccc(N3CC[NH+](C)CC3)c(Cl)c2)cc1. The van der Waals surface area contributed by atoms with E-state index in [1.165, 1.54) is 5.56 Å². The summed E-state index contributed by atoms with van der Waals surface area (Å²) in [7, 11) is 2.21. The van der Waals surface area contributed by atoms with Gasteiger partial charge in [0.2, 0.25) is 0 Å². The minimum absolute atomic E-state index is 0.116. The van der Waals surface area contributed by atoms with E-state index in [4.69, 9.17) is 11.6 Å². The predicted octanol–water partition coefficient (Wildman–Crippen LogP) is 2.49. The number of hydrogen-bond donors (Lipinski definition) is 2. The maximum absolute atomic E-state index is 12.4. The van der Waals surface area contributed by atoms with E-state index in [1.54, 1.807) is 4.90 Å². The highest BCUT2D eigenvalue weighted by Gasteiger charge is 2.19. The summed E-state index contributed by atoms with van der Waals surface area (Å²) in [5, 5.41) is 3.61. The van der Waals surface area contributed by atoms with E-state index in [0.717, 1.165) is 44.0 Å². The van der Waals surface area contributed by atoms with Crippen molar-refractivity contribution in [1.82, 2.24) is 0 Å². The average molecular weight is 359 g/mol. The molecule has 0 aromatic heterocycles. The summed E-state index contributed by atoms with van der Waals surface area (Å²) in [5.41, 5.74) is 3.63. The van der Waals surface area contributed by atoms with Crippen molar-refractivity contribution in [2.45, 2.75) is 13.3 Å². The molecule has 2 aromatic carbocycles. The van der Waals surface area contributed by atoms with Crippen LogP contribution in [0.25, 0.3) is 0 Å². The van der Waals surface area contributed by atoms with Crippen LogP contribution in [0.1, 0.15) is 22.8 Å². The van der Waals surface area contributed by atoms with Gasteiger partial charge in [-0.25, -0.2) is 0 Å². The van der Waals surface area contributed by atoms with Gasteiger partial charge in [-0.1, -0.05) is 30.7 Å². The first-order valence-corrected chi connectivity index (χ1v) is 9.20. The lowest BCUT2D eigenvalue weighted by Gasteiger charge is -2.32. The molecule has 1 amide bonds. The Labute approximate surface area is 154 Å². The lowest BCUT2D eigenvalue weighted by atomic mass is 10.1. The first-order valence-electron chi connectivity index (χ1n) is 8.83. The van der Waals surface area contributed by atoms with Gasteiger partial charge in [-0.3, -0.25) is 4.79 Å². The van der Waals surface area contributed by atoms with Crippen LogP contribution in [0.2, 0.25) is 5.02 Å². The second-order valence-electron chi connectivity index (χ2n) is 6.61. The van der Waals surface area contributed by atoms with Gasteiger partial charge in [0.25, 0.3) is 5.91 Å². The Hall–Kier alpha value is -2.04. The minimum atomic E-state index is -0.116. The number of nitrogens with one attached hydrogen (secondary N) is 2. The van der Waals surface area contributed by atoms with Gasteiger partial charge in [0.1, 0.15) is 0 Å². The van der Waals surface area contributed by atoms with Crippen LogP contribution < -0.4 is 15.1 Å². The van der Waals surface area contributed by atoms with Gasteiger partial charge >= 0.3 is 0 Å². The van der Waals surface area contributed by atoms with Crippen LogP contribution in [0.5, 0.6) is 0 Å². The number of aryl methyl sites for hydroxylation is 1. The van der Waals surface area contributed by atoms with Crippen LogP contribution in [0.3, 0.4) is 0 Å². The third kappa shape index (κ3) is 4.33. The van der Waals surface area contributed by atoms with Gasteiger partial charge in [-0.2, -0.15) is 0 Å². The van der Waals surface area contributed by atoms with Crippen molar-refractivity contribution in [3.8, 4) is 0 Å². The molecule has 0 radical (unpaired) electrons. The van der Waals surface area contributed by atoms with Crippen LogP contribution >= 0.6 is 11.6 Å². The number of anilines is 2. The second-order valence-corrected chi connectivity index (χ2v) is 7.02. The van der Waals surface area contributed by atoms with Crippen LogP contribution in [-0.2, 0) is 6.42 Å². The summed E-state index contributed by atoms with van der Waals surface area (Å²) in [6, 6.07) is 13.4. The predicted molar refractivity (Wildman–Crippen MR) is 104 cm³/mol. The van der Waals surface area contributed by atoms with Crippen molar-refractivity contribution in [3.05, 3.63) is 58.6 Å². The van der Waals surface area contributed by atoms with Gasteiger partial charge in [0, 0.05) is 11.3 Å². The zero-order valence-electron chi connectivity index (χ0n) is 14.8. The van der Waals surface area contributed by atoms with Gasteiger partial charge in [0.15, 0.2) is 0 Å². The Morgan fingerprint density at radius 2 is 1.84 bits per heavy atom. The molecule has 1 saturated heterocycles. The quantitative estimate of drug-likeness (QED) is 0.881. The Morgan fingerprint density at radius 1 is 1.16 bits per heavy atom. The Morgan fingerprint density at radius 3 is 2.44 bits per heavy atom. The average Bonchev–Trinajstić information content (AvgIpc) is 2.63. The minimum Gasteiger partial charge on any atom is -0.359 e. The zero-order chi connectivity index (χ0) is 17.8. The molecule has 2 aromatic rings. The molecule has 0 aliphatic carbocycles. The molecule has 0 bridgehead atoms. The van der Waals surface area contributed by atoms with Crippen molar-refractivity contribution in [3.63, 3.8) is 0 Å². The lowest BCUT2D eigenvalue weighted by molar-refractivity contribution is -0.880. The maximum Gasteiger partial charge on any atom is 0.255 e. The lowest BCUT2D eigenvalue weighted by Crippen LogP contribution is -3.12. The Balaban J connectivity index is 1.68. The van der Waals surface area contributed by atoms with E-state index in [-0.39, 0.29) is 5.91 Å². The fourth-order valence-corrected chi connectivity index (χ4v) is 3.37. The van der Waals surface area contributed by atoms with Gasteiger partial charge < -0.3 is 15.1 Å². The number of quaternary nitrogens is 1. The summed E-state index contributed by atoms with van der Waals surface area (Å²) < 4.78 is 0. The van der Waals surface area contributed by atoms with Gasteiger partial charge in [0.05, 0.1) is 43.9 Å². The number of likely N-dealkylation sites (N-methyl/N-ethyl adjacent to an activating group) is 1. The Bertz CT molecular complexity index is 737. The van der Waals surface area contributed by atoms with Crippen molar-refractivity contribution in [2.24, 2.45) is 0 Å². The molecule has 3 rings (SSSR count). The summed E-state index contributed by atoms with van der Waals surface area (Å²) >= 11 is 6.47. The van der Waals surface area contributed by atoms with Crippen LogP contribution in [0.4, 0.5) is 11.4 Å². The van der Waals surface area contributed by atoms with Crippen LogP contribution in [-0.4, -0.2) is 39.1 Å². The van der Waals surface area contributed by atoms with Crippen molar-refractivity contribution in [1.29, 1.82) is 0 Å². The number of carbonyl (C=O) groups excluding carboxylic acids is 1. The topological polar surface area (TPSA) is 36.8 Å². The molecule has 1 fully saturated rings. The molecule has 0 saturated carbocycles. The fourth-order valence-electron chi connectivity index (χ4n) is 3.07. The molecule has 5 heteroatoms. The molecule has 0 unspecified atom stereocenters. The smallest absolute Gasteiger partial charge is 0.255 e. The maximum atomic E-state index is 12.4. The molecule has 4 nitrogen and oxygen atoms in total. The van der Waals surface area contributed by atoms with E-state index >= 15 is 0 Å². The summed E-state index contributed by atoms with van der Waals surface area (Å²) in [6.45, 7) is 6.33. The first kappa shape index (κ1) is 17.8. The summed E-state index contributed by atoms with van der Waals surface area (Å²) in [4.78, 5) is 16.2. The number of rotatable bonds is 4. The van der Waals surface area contributed by atoms with Crippen LogP contribution in [0.15, 0.2) is 42.5 Å². The first-order chi connectivity index (χ1) is 12.1. The summed E-state index contributed by atoms with van der Waals surface area (Å²) in [5.74, 6) is -0.116. The van der Waals surface area contributed by atoms with Gasteiger partial charge in [-0.15, -0.1) is 0 Å². The molecular formula is C20H25ClN3O+. The third-order valence-electron chi connectivity index (χ3n) is 4.79. The zero-order valence-corrected chi connectivity index (χ0v) is 15.6. The number of hydrogen-bond acceptors (Lipinski definition) is 2. The second kappa shape index (κ2) is 7.89. The molecule has 25 heavy (non-hydrogen) atoms. The fraction of sp³-hybridized carbons (Fsp3) is 0.350. The summed E-state index contributed by atoms with van der Waals surface area (Å²) in [6.07, 6.45) is 0.965. The molecule has 0 spiro atoms. The molecule has 1 aliphatic rings.